The molecule has 4 aromatic rings. The van der Waals surface area contributed by atoms with Crippen molar-refractivity contribution in [2.45, 2.75) is 6.54 Å². The molecule has 0 radical (unpaired) electrons. The smallest absolute Gasteiger partial charge is 0.231 e. The number of aromatic nitrogens is 2. The molecule has 0 bridgehead atoms. The molecule has 0 spiro atoms. The Labute approximate surface area is 161 Å². The molecule has 5 nitrogen and oxygen atoms in total. The number of hydrogen-bond acceptors (Lipinski definition) is 4. The molecule has 0 aliphatic carbocycles. The van der Waals surface area contributed by atoms with E-state index in [1.165, 1.54) is 0 Å². The van der Waals surface area contributed by atoms with Gasteiger partial charge in [0.15, 0.2) is 11.5 Å². The first kappa shape index (κ1) is 16.0. The number of rotatable bonds is 4. The summed E-state index contributed by atoms with van der Waals surface area (Å²) in [6.07, 6.45) is 2.00. The molecule has 3 heterocycles. The van der Waals surface area contributed by atoms with E-state index in [0.29, 0.717) is 11.6 Å². The minimum Gasteiger partial charge on any atom is -0.454 e. The predicted molar refractivity (Wildman–Crippen MR) is 106 cm³/mol. The molecule has 0 amide bonds. The SMILES string of the molecule is Clc1ccc(-c2nc3ccccn3c2NCc2ccc3c(c2)OCO3)cc1. The van der Waals surface area contributed by atoms with E-state index in [1.807, 2.05) is 66.9 Å². The summed E-state index contributed by atoms with van der Waals surface area (Å²) >= 11 is 6.04. The van der Waals surface area contributed by atoms with E-state index in [1.54, 1.807) is 0 Å². The molecule has 1 aliphatic heterocycles. The third-order valence-electron chi connectivity index (χ3n) is 4.54. The molecule has 0 saturated carbocycles. The minimum atomic E-state index is 0.278. The van der Waals surface area contributed by atoms with Gasteiger partial charge in [0.25, 0.3) is 0 Å². The van der Waals surface area contributed by atoms with Crippen LogP contribution >= 0.6 is 11.6 Å². The highest BCUT2D eigenvalue weighted by Crippen LogP contribution is 2.34. The van der Waals surface area contributed by atoms with Crippen molar-refractivity contribution >= 4 is 23.1 Å². The number of nitrogens with one attached hydrogen (secondary N) is 1. The van der Waals surface area contributed by atoms with Crippen molar-refractivity contribution in [2.24, 2.45) is 0 Å². The van der Waals surface area contributed by atoms with E-state index < -0.39 is 0 Å². The zero-order valence-corrected chi connectivity index (χ0v) is 15.1. The number of halogens is 1. The van der Waals surface area contributed by atoms with Crippen molar-refractivity contribution in [1.29, 1.82) is 0 Å². The van der Waals surface area contributed by atoms with Crippen molar-refractivity contribution in [1.82, 2.24) is 9.38 Å². The second-order valence-electron chi connectivity index (χ2n) is 6.29. The molecule has 6 heteroatoms. The van der Waals surface area contributed by atoms with Crippen LogP contribution in [-0.2, 0) is 6.54 Å². The number of anilines is 1. The largest absolute Gasteiger partial charge is 0.454 e. The number of ether oxygens (including phenoxy) is 2. The molecule has 5 rings (SSSR count). The van der Waals surface area contributed by atoms with Gasteiger partial charge in [-0.05, 0) is 42.0 Å². The quantitative estimate of drug-likeness (QED) is 0.544. The fourth-order valence-electron chi connectivity index (χ4n) is 3.21. The summed E-state index contributed by atoms with van der Waals surface area (Å²) in [6.45, 7) is 0.917. The number of nitrogens with zero attached hydrogens (tertiary/aromatic N) is 2. The highest BCUT2D eigenvalue weighted by atomic mass is 35.5. The highest BCUT2D eigenvalue weighted by Gasteiger charge is 2.16. The van der Waals surface area contributed by atoms with E-state index >= 15 is 0 Å². The summed E-state index contributed by atoms with van der Waals surface area (Å²) in [6, 6.07) is 19.7. The lowest BCUT2D eigenvalue weighted by Gasteiger charge is -2.10. The predicted octanol–water partition coefficient (Wildman–Crippen LogP) is 5.00. The van der Waals surface area contributed by atoms with E-state index in [0.717, 1.165) is 39.8 Å². The van der Waals surface area contributed by atoms with Crippen LogP contribution in [0.15, 0.2) is 66.9 Å². The second kappa shape index (κ2) is 6.52. The lowest BCUT2D eigenvalue weighted by Crippen LogP contribution is -2.03. The first-order valence-electron chi connectivity index (χ1n) is 8.63. The van der Waals surface area contributed by atoms with Gasteiger partial charge < -0.3 is 14.8 Å². The fraction of sp³-hybridized carbons (Fsp3) is 0.0952. The van der Waals surface area contributed by atoms with Crippen LogP contribution in [0, 0.1) is 0 Å². The monoisotopic (exact) mass is 377 g/mol. The first-order chi connectivity index (χ1) is 13.3. The number of pyridine rings is 1. The molecule has 134 valence electrons. The van der Waals surface area contributed by atoms with Crippen LogP contribution in [0.1, 0.15) is 5.56 Å². The van der Waals surface area contributed by atoms with Gasteiger partial charge in [0, 0.05) is 23.3 Å². The summed E-state index contributed by atoms with van der Waals surface area (Å²) in [5.74, 6) is 2.51. The fourth-order valence-corrected chi connectivity index (χ4v) is 3.34. The highest BCUT2D eigenvalue weighted by molar-refractivity contribution is 6.30. The van der Waals surface area contributed by atoms with Crippen LogP contribution in [0.3, 0.4) is 0 Å². The van der Waals surface area contributed by atoms with Crippen molar-refractivity contribution < 1.29 is 9.47 Å². The van der Waals surface area contributed by atoms with Crippen LogP contribution in [0.25, 0.3) is 16.9 Å². The van der Waals surface area contributed by atoms with Gasteiger partial charge in [-0.15, -0.1) is 0 Å². The Bertz CT molecular complexity index is 1120. The van der Waals surface area contributed by atoms with Crippen molar-refractivity contribution in [3.05, 3.63) is 77.4 Å². The van der Waals surface area contributed by atoms with Gasteiger partial charge in [0.2, 0.25) is 6.79 Å². The van der Waals surface area contributed by atoms with Gasteiger partial charge in [0.1, 0.15) is 17.2 Å². The van der Waals surface area contributed by atoms with Crippen LogP contribution in [0.5, 0.6) is 11.5 Å². The third-order valence-corrected chi connectivity index (χ3v) is 4.80. The number of fused-ring (bicyclic) bond motifs is 2. The zero-order chi connectivity index (χ0) is 18.2. The Morgan fingerprint density at radius 1 is 1.00 bits per heavy atom. The summed E-state index contributed by atoms with van der Waals surface area (Å²) in [7, 11) is 0. The van der Waals surface area contributed by atoms with E-state index in [4.69, 9.17) is 26.1 Å². The van der Waals surface area contributed by atoms with E-state index in [-0.39, 0.29) is 6.79 Å². The molecule has 0 fully saturated rings. The number of imidazole rings is 1. The van der Waals surface area contributed by atoms with Gasteiger partial charge in [0.05, 0.1) is 0 Å². The number of benzene rings is 2. The van der Waals surface area contributed by atoms with Crippen molar-refractivity contribution in [3.63, 3.8) is 0 Å². The molecule has 0 saturated heterocycles. The lowest BCUT2D eigenvalue weighted by molar-refractivity contribution is 0.174. The molecule has 2 aromatic carbocycles. The van der Waals surface area contributed by atoms with Gasteiger partial charge in [-0.3, -0.25) is 4.40 Å². The Hall–Kier alpha value is -3.18. The van der Waals surface area contributed by atoms with Crippen LogP contribution in [0.4, 0.5) is 5.82 Å². The zero-order valence-electron chi connectivity index (χ0n) is 14.4. The normalized spacial score (nSPS) is 12.5. The van der Waals surface area contributed by atoms with Gasteiger partial charge in [-0.25, -0.2) is 4.98 Å². The average molecular weight is 378 g/mol. The Morgan fingerprint density at radius 2 is 1.85 bits per heavy atom. The molecule has 2 aromatic heterocycles. The third kappa shape index (κ3) is 2.96. The molecular formula is C21H16ClN3O2. The average Bonchev–Trinajstić information content (AvgIpc) is 3.31. The lowest BCUT2D eigenvalue weighted by atomic mass is 10.1. The van der Waals surface area contributed by atoms with Gasteiger partial charge >= 0.3 is 0 Å². The maximum atomic E-state index is 6.04. The topological polar surface area (TPSA) is 47.8 Å². The maximum Gasteiger partial charge on any atom is 0.231 e. The van der Waals surface area contributed by atoms with Crippen molar-refractivity contribution in [3.8, 4) is 22.8 Å². The summed E-state index contributed by atoms with van der Waals surface area (Å²) in [5.41, 5.74) is 3.89. The summed E-state index contributed by atoms with van der Waals surface area (Å²) < 4.78 is 12.9. The Balaban J connectivity index is 1.51. The van der Waals surface area contributed by atoms with Crippen LogP contribution in [-0.4, -0.2) is 16.2 Å². The van der Waals surface area contributed by atoms with E-state index in [9.17, 15) is 0 Å². The molecule has 27 heavy (non-hydrogen) atoms. The standard InChI is InChI=1S/C21H16ClN3O2/c22-16-7-5-15(6-8-16)20-21(25-10-2-1-3-19(25)24-20)23-12-14-4-9-17-18(11-14)27-13-26-17/h1-11,23H,12-13H2. The molecule has 1 N–H and O–H groups in total. The van der Waals surface area contributed by atoms with Crippen LogP contribution < -0.4 is 14.8 Å². The van der Waals surface area contributed by atoms with Crippen LogP contribution in [0.2, 0.25) is 5.02 Å². The number of hydrogen-bond donors (Lipinski definition) is 1. The van der Waals surface area contributed by atoms with E-state index in [2.05, 4.69) is 9.72 Å². The van der Waals surface area contributed by atoms with Gasteiger partial charge in [-0.1, -0.05) is 35.9 Å². The summed E-state index contributed by atoms with van der Waals surface area (Å²) in [5, 5.41) is 4.23. The molecule has 0 atom stereocenters. The minimum absolute atomic E-state index is 0.278. The summed E-state index contributed by atoms with van der Waals surface area (Å²) in [4.78, 5) is 4.80. The first-order valence-corrected chi connectivity index (χ1v) is 9.01. The maximum absolute atomic E-state index is 6.04. The van der Waals surface area contributed by atoms with Crippen molar-refractivity contribution in [2.75, 3.05) is 12.1 Å². The molecule has 1 aliphatic rings. The molecular weight excluding hydrogens is 362 g/mol. The Kier molecular flexibility index (Phi) is 3.87. The second-order valence-corrected chi connectivity index (χ2v) is 6.72. The molecule has 0 unspecified atom stereocenters. The van der Waals surface area contributed by atoms with Gasteiger partial charge in [-0.2, -0.15) is 0 Å². The Morgan fingerprint density at radius 3 is 2.74 bits per heavy atom.